The van der Waals surface area contributed by atoms with Gasteiger partial charge in [-0.15, -0.1) is 0 Å². The molecular formula is C19H20ClN3O. The molecule has 1 N–H and O–H groups in total. The predicted octanol–water partition coefficient (Wildman–Crippen LogP) is 4.01. The quantitative estimate of drug-likeness (QED) is 0.674. The summed E-state index contributed by atoms with van der Waals surface area (Å²) >= 11 is 5.89. The van der Waals surface area contributed by atoms with Crippen LogP contribution in [0.2, 0.25) is 5.02 Å². The van der Waals surface area contributed by atoms with Crippen LogP contribution in [0.4, 0.5) is 5.69 Å². The molecule has 1 saturated heterocycles. The van der Waals surface area contributed by atoms with Crippen molar-refractivity contribution in [1.82, 2.24) is 5.43 Å². The molecule has 1 aliphatic heterocycles. The summed E-state index contributed by atoms with van der Waals surface area (Å²) in [6, 6.07) is 13.1. The normalized spacial score (nSPS) is 14.3. The van der Waals surface area contributed by atoms with Crippen LogP contribution in [-0.2, 0) is 0 Å². The predicted molar refractivity (Wildman–Crippen MR) is 99.1 cm³/mol. The van der Waals surface area contributed by atoms with Gasteiger partial charge in [-0.1, -0.05) is 23.7 Å². The molecule has 0 aromatic heterocycles. The summed E-state index contributed by atoms with van der Waals surface area (Å²) in [6.45, 7) is 4.31. The molecule has 1 heterocycles. The first-order chi connectivity index (χ1) is 11.6. The molecule has 2 aromatic carbocycles. The standard InChI is InChI=1S/C19H20ClN3O/c1-14-11-18(23-9-2-3-10-23)8-7-16(14)13-21-22-19(24)15-5-4-6-17(20)12-15/h4-8,11-13H,2-3,9-10H2,1H3,(H,22,24)/b21-13-. The van der Waals surface area contributed by atoms with Crippen molar-refractivity contribution in [3.8, 4) is 0 Å². The van der Waals surface area contributed by atoms with E-state index in [4.69, 9.17) is 11.6 Å². The van der Waals surface area contributed by atoms with Gasteiger partial charge < -0.3 is 4.90 Å². The summed E-state index contributed by atoms with van der Waals surface area (Å²) in [4.78, 5) is 14.4. The van der Waals surface area contributed by atoms with E-state index in [1.54, 1.807) is 30.5 Å². The highest BCUT2D eigenvalue weighted by Crippen LogP contribution is 2.22. The van der Waals surface area contributed by atoms with E-state index >= 15 is 0 Å². The first kappa shape index (κ1) is 16.5. The van der Waals surface area contributed by atoms with Gasteiger partial charge >= 0.3 is 0 Å². The summed E-state index contributed by atoms with van der Waals surface area (Å²) in [5.41, 5.74) is 6.40. The van der Waals surface area contributed by atoms with Crippen LogP contribution in [0, 0.1) is 6.92 Å². The molecule has 0 atom stereocenters. The Labute approximate surface area is 147 Å². The fourth-order valence-electron chi connectivity index (χ4n) is 2.83. The number of carbonyl (C=O) groups excluding carboxylic acids is 1. The van der Waals surface area contributed by atoms with Crippen LogP contribution in [0.25, 0.3) is 0 Å². The highest BCUT2D eigenvalue weighted by Gasteiger charge is 2.12. The molecule has 0 spiro atoms. The number of nitrogens with zero attached hydrogens (tertiary/aromatic N) is 2. The van der Waals surface area contributed by atoms with Crippen molar-refractivity contribution >= 4 is 29.4 Å². The van der Waals surface area contributed by atoms with Gasteiger partial charge in [-0.25, -0.2) is 5.43 Å². The minimum Gasteiger partial charge on any atom is -0.372 e. The molecule has 4 nitrogen and oxygen atoms in total. The molecular weight excluding hydrogens is 322 g/mol. The van der Waals surface area contributed by atoms with Crippen LogP contribution in [0.1, 0.15) is 34.3 Å². The lowest BCUT2D eigenvalue weighted by Crippen LogP contribution is -2.18. The summed E-state index contributed by atoms with van der Waals surface area (Å²) in [5, 5.41) is 4.58. The highest BCUT2D eigenvalue weighted by atomic mass is 35.5. The first-order valence-electron chi connectivity index (χ1n) is 8.08. The topological polar surface area (TPSA) is 44.7 Å². The molecule has 2 aromatic rings. The van der Waals surface area contributed by atoms with E-state index in [0.29, 0.717) is 10.6 Å². The highest BCUT2D eigenvalue weighted by molar-refractivity contribution is 6.30. The molecule has 1 fully saturated rings. The minimum absolute atomic E-state index is 0.278. The second kappa shape index (κ2) is 7.49. The number of rotatable bonds is 4. The third-order valence-electron chi connectivity index (χ3n) is 4.18. The Morgan fingerprint density at radius 3 is 2.71 bits per heavy atom. The van der Waals surface area contributed by atoms with Crippen LogP contribution >= 0.6 is 11.6 Å². The number of carbonyl (C=O) groups is 1. The molecule has 0 aliphatic carbocycles. The lowest BCUT2D eigenvalue weighted by molar-refractivity contribution is 0.0955. The van der Waals surface area contributed by atoms with E-state index in [1.807, 2.05) is 6.07 Å². The Morgan fingerprint density at radius 2 is 2.00 bits per heavy atom. The van der Waals surface area contributed by atoms with Crippen molar-refractivity contribution in [2.24, 2.45) is 5.10 Å². The second-order valence-electron chi connectivity index (χ2n) is 5.94. The van der Waals surface area contributed by atoms with Gasteiger partial charge in [-0.05, 0) is 61.2 Å². The Hall–Kier alpha value is -2.33. The molecule has 124 valence electrons. The van der Waals surface area contributed by atoms with Crippen molar-refractivity contribution in [3.05, 3.63) is 64.2 Å². The fraction of sp³-hybridized carbons (Fsp3) is 0.263. The molecule has 3 rings (SSSR count). The van der Waals surface area contributed by atoms with Crippen molar-refractivity contribution in [2.75, 3.05) is 18.0 Å². The number of anilines is 1. The largest absolute Gasteiger partial charge is 0.372 e. The van der Waals surface area contributed by atoms with Crippen molar-refractivity contribution < 1.29 is 4.79 Å². The van der Waals surface area contributed by atoms with E-state index in [-0.39, 0.29) is 5.91 Å². The fourth-order valence-corrected chi connectivity index (χ4v) is 3.02. The van der Waals surface area contributed by atoms with Gasteiger partial charge in [0.2, 0.25) is 0 Å². The van der Waals surface area contributed by atoms with E-state index < -0.39 is 0 Å². The molecule has 1 aliphatic rings. The number of amides is 1. The van der Waals surface area contributed by atoms with Gasteiger partial charge in [0.1, 0.15) is 0 Å². The van der Waals surface area contributed by atoms with Crippen LogP contribution in [0.15, 0.2) is 47.6 Å². The van der Waals surface area contributed by atoms with E-state index in [9.17, 15) is 4.79 Å². The lowest BCUT2D eigenvalue weighted by Gasteiger charge is -2.18. The van der Waals surface area contributed by atoms with Crippen LogP contribution in [-0.4, -0.2) is 25.2 Å². The van der Waals surface area contributed by atoms with Gasteiger partial charge in [0, 0.05) is 29.4 Å². The summed E-state index contributed by atoms with van der Waals surface area (Å²) < 4.78 is 0. The van der Waals surface area contributed by atoms with Crippen molar-refractivity contribution in [2.45, 2.75) is 19.8 Å². The summed E-state index contributed by atoms with van der Waals surface area (Å²) in [7, 11) is 0. The van der Waals surface area contributed by atoms with Gasteiger partial charge in [-0.3, -0.25) is 4.79 Å². The smallest absolute Gasteiger partial charge is 0.271 e. The number of hydrogen-bond acceptors (Lipinski definition) is 3. The van der Waals surface area contributed by atoms with Gasteiger partial charge in [0.05, 0.1) is 6.21 Å². The lowest BCUT2D eigenvalue weighted by atomic mass is 10.1. The zero-order valence-corrected chi connectivity index (χ0v) is 14.4. The molecule has 0 unspecified atom stereocenters. The zero-order chi connectivity index (χ0) is 16.9. The molecule has 5 heteroatoms. The Balaban J connectivity index is 1.65. The monoisotopic (exact) mass is 341 g/mol. The van der Waals surface area contributed by atoms with Crippen LogP contribution in [0.5, 0.6) is 0 Å². The van der Waals surface area contributed by atoms with E-state index in [0.717, 1.165) is 24.2 Å². The molecule has 0 saturated carbocycles. The minimum atomic E-state index is -0.278. The molecule has 1 amide bonds. The Bertz CT molecular complexity index is 767. The second-order valence-corrected chi connectivity index (χ2v) is 6.38. The average Bonchev–Trinajstić information content (AvgIpc) is 3.10. The van der Waals surface area contributed by atoms with E-state index in [2.05, 4.69) is 34.5 Å². The third-order valence-corrected chi connectivity index (χ3v) is 4.42. The number of hydrogen-bond donors (Lipinski definition) is 1. The van der Waals surface area contributed by atoms with Gasteiger partial charge in [0.25, 0.3) is 5.91 Å². The number of nitrogens with one attached hydrogen (secondary N) is 1. The number of benzene rings is 2. The maximum atomic E-state index is 12.0. The maximum Gasteiger partial charge on any atom is 0.271 e. The first-order valence-corrected chi connectivity index (χ1v) is 8.46. The summed E-state index contributed by atoms with van der Waals surface area (Å²) in [6.07, 6.45) is 4.20. The molecule has 0 radical (unpaired) electrons. The SMILES string of the molecule is Cc1cc(N2CCCC2)ccc1/C=N\NC(=O)c1cccc(Cl)c1. The average molecular weight is 342 g/mol. The van der Waals surface area contributed by atoms with Gasteiger partial charge in [0.15, 0.2) is 0 Å². The number of hydrazone groups is 1. The number of aryl methyl sites for hydroxylation is 1. The van der Waals surface area contributed by atoms with Crippen LogP contribution in [0.3, 0.4) is 0 Å². The van der Waals surface area contributed by atoms with Crippen molar-refractivity contribution in [1.29, 1.82) is 0 Å². The molecule has 24 heavy (non-hydrogen) atoms. The molecule has 0 bridgehead atoms. The summed E-state index contributed by atoms with van der Waals surface area (Å²) in [5.74, 6) is -0.278. The maximum absolute atomic E-state index is 12.0. The van der Waals surface area contributed by atoms with E-state index in [1.165, 1.54) is 18.5 Å². The third kappa shape index (κ3) is 3.95. The Morgan fingerprint density at radius 1 is 1.21 bits per heavy atom. The Kier molecular flexibility index (Phi) is 5.16. The number of halogens is 1. The van der Waals surface area contributed by atoms with Crippen molar-refractivity contribution in [3.63, 3.8) is 0 Å². The van der Waals surface area contributed by atoms with Gasteiger partial charge in [-0.2, -0.15) is 5.10 Å². The van der Waals surface area contributed by atoms with Crippen LogP contribution < -0.4 is 10.3 Å². The zero-order valence-electron chi connectivity index (χ0n) is 13.6.